The molecule has 0 unspecified atom stereocenters. The van der Waals surface area contributed by atoms with Gasteiger partial charge in [-0.1, -0.05) is 18.2 Å². The summed E-state index contributed by atoms with van der Waals surface area (Å²) < 4.78 is 13.6. The van der Waals surface area contributed by atoms with Gasteiger partial charge in [0.25, 0.3) is 0 Å². The lowest BCUT2D eigenvalue weighted by molar-refractivity contribution is 0.0829. The summed E-state index contributed by atoms with van der Waals surface area (Å²) in [6.07, 6.45) is 1.21. The molecule has 0 spiro atoms. The fourth-order valence-corrected chi connectivity index (χ4v) is 3.94. The highest BCUT2D eigenvalue weighted by Crippen LogP contribution is 2.35. The highest BCUT2D eigenvalue weighted by Gasteiger charge is 2.41. The van der Waals surface area contributed by atoms with Crippen molar-refractivity contribution >= 4 is 0 Å². The Morgan fingerprint density at radius 1 is 1.24 bits per heavy atom. The van der Waals surface area contributed by atoms with Gasteiger partial charge in [-0.3, -0.25) is 4.90 Å². The zero-order chi connectivity index (χ0) is 15.6. The van der Waals surface area contributed by atoms with Crippen molar-refractivity contribution in [2.24, 2.45) is 5.92 Å². The van der Waals surface area contributed by atoms with Crippen molar-refractivity contribution < 1.29 is 4.39 Å². The molecule has 1 saturated heterocycles. The monoisotopic (exact) mass is 292 g/mol. The lowest BCUT2D eigenvalue weighted by Crippen LogP contribution is -2.48. The molecule has 1 N–H and O–H groups in total. The summed E-state index contributed by atoms with van der Waals surface area (Å²) in [5.74, 6) is 0.514. The highest BCUT2D eigenvalue weighted by molar-refractivity contribution is 5.16. The standard InChI is InChI=1S/C18H29FN2/c1-13-10-16(14(2)21(13)18(3,4)5)12-20-11-15-8-6-7-9-17(15)19/h6-9,13-14,16,20H,10-12H2,1-5H3/t13-,14-,16-/m1/s1. The van der Waals surface area contributed by atoms with Gasteiger partial charge in [0.2, 0.25) is 0 Å². The van der Waals surface area contributed by atoms with E-state index in [1.807, 2.05) is 12.1 Å². The van der Waals surface area contributed by atoms with Crippen LogP contribution in [-0.4, -0.2) is 29.1 Å². The molecule has 118 valence electrons. The topological polar surface area (TPSA) is 15.3 Å². The maximum Gasteiger partial charge on any atom is 0.127 e. The number of halogens is 1. The van der Waals surface area contributed by atoms with Crippen LogP contribution in [0.1, 0.15) is 46.6 Å². The van der Waals surface area contributed by atoms with Crippen LogP contribution in [0.3, 0.4) is 0 Å². The molecule has 0 aliphatic carbocycles. The van der Waals surface area contributed by atoms with Crippen molar-refractivity contribution in [1.29, 1.82) is 0 Å². The smallest absolute Gasteiger partial charge is 0.127 e. The minimum absolute atomic E-state index is 0.117. The Morgan fingerprint density at radius 2 is 1.90 bits per heavy atom. The first kappa shape index (κ1) is 16.4. The zero-order valence-electron chi connectivity index (χ0n) is 14.0. The van der Waals surface area contributed by atoms with Crippen molar-refractivity contribution in [3.05, 3.63) is 35.6 Å². The number of hydrogen-bond donors (Lipinski definition) is 1. The number of rotatable bonds is 4. The summed E-state index contributed by atoms with van der Waals surface area (Å²) >= 11 is 0. The molecule has 2 nitrogen and oxygen atoms in total. The first-order valence-corrected chi connectivity index (χ1v) is 8.03. The van der Waals surface area contributed by atoms with E-state index < -0.39 is 0 Å². The third kappa shape index (κ3) is 3.83. The van der Waals surface area contributed by atoms with Crippen LogP contribution in [0.2, 0.25) is 0 Å². The molecular weight excluding hydrogens is 263 g/mol. The Hall–Kier alpha value is -0.930. The van der Waals surface area contributed by atoms with Gasteiger partial charge in [0, 0.05) is 29.7 Å². The molecule has 3 atom stereocenters. The van der Waals surface area contributed by atoms with Gasteiger partial charge in [0.05, 0.1) is 0 Å². The number of nitrogens with zero attached hydrogens (tertiary/aromatic N) is 1. The Kier molecular flexibility index (Phi) is 5.05. The van der Waals surface area contributed by atoms with E-state index in [0.29, 0.717) is 24.5 Å². The van der Waals surface area contributed by atoms with E-state index in [-0.39, 0.29) is 11.4 Å². The predicted molar refractivity (Wildman–Crippen MR) is 86.7 cm³/mol. The normalized spacial score (nSPS) is 27.2. The fraction of sp³-hybridized carbons (Fsp3) is 0.667. The Balaban J connectivity index is 1.89. The molecule has 1 fully saturated rings. The van der Waals surface area contributed by atoms with Crippen LogP contribution in [0.25, 0.3) is 0 Å². The summed E-state index contributed by atoms with van der Waals surface area (Å²) in [6.45, 7) is 13.1. The van der Waals surface area contributed by atoms with Crippen LogP contribution in [0.5, 0.6) is 0 Å². The van der Waals surface area contributed by atoms with Crippen LogP contribution < -0.4 is 5.32 Å². The molecule has 3 heteroatoms. The quantitative estimate of drug-likeness (QED) is 0.907. The first-order chi connectivity index (χ1) is 9.80. The van der Waals surface area contributed by atoms with E-state index in [0.717, 1.165) is 12.1 Å². The molecule has 21 heavy (non-hydrogen) atoms. The molecule has 1 aromatic carbocycles. The Morgan fingerprint density at radius 3 is 2.48 bits per heavy atom. The third-order valence-corrected chi connectivity index (χ3v) is 4.69. The Labute approximate surface area is 128 Å². The molecule has 2 rings (SSSR count). The van der Waals surface area contributed by atoms with Crippen molar-refractivity contribution in [3.63, 3.8) is 0 Å². The van der Waals surface area contributed by atoms with E-state index in [1.54, 1.807) is 6.07 Å². The number of nitrogens with one attached hydrogen (secondary N) is 1. The lowest BCUT2D eigenvalue weighted by Gasteiger charge is -2.39. The lowest BCUT2D eigenvalue weighted by atomic mass is 9.99. The molecule has 0 radical (unpaired) electrons. The maximum absolute atomic E-state index is 13.6. The summed E-state index contributed by atoms with van der Waals surface area (Å²) in [5.41, 5.74) is 0.961. The van der Waals surface area contributed by atoms with Gasteiger partial charge in [-0.25, -0.2) is 4.39 Å². The molecule has 0 saturated carbocycles. The van der Waals surface area contributed by atoms with Crippen LogP contribution in [-0.2, 0) is 6.54 Å². The summed E-state index contributed by atoms with van der Waals surface area (Å²) in [5, 5.41) is 3.44. The SMILES string of the molecule is C[C@@H]1C[C@H](CNCc2ccccc2F)[C@@H](C)N1C(C)(C)C. The van der Waals surface area contributed by atoms with E-state index in [4.69, 9.17) is 0 Å². The Bertz CT molecular complexity index is 467. The number of benzene rings is 1. The second-order valence-corrected chi connectivity index (χ2v) is 7.39. The highest BCUT2D eigenvalue weighted by atomic mass is 19.1. The van der Waals surface area contributed by atoms with Crippen molar-refractivity contribution in [1.82, 2.24) is 10.2 Å². The van der Waals surface area contributed by atoms with E-state index >= 15 is 0 Å². The van der Waals surface area contributed by atoms with Gasteiger partial charge in [-0.15, -0.1) is 0 Å². The van der Waals surface area contributed by atoms with Crippen molar-refractivity contribution in [3.8, 4) is 0 Å². The van der Waals surface area contributed by atoms with E-state index in [9.17, 15) is 4.39 Å². The van der Waals surface area contributed by atoms with Crippen molar-refractivity contribution in [2.45, 2.75) is 65.2 Å². The largest absolute Gasteiger partial charge is 0.312 e. The average molecular weight is 292 g/mol. The summed E-state index contributed by atoms with van der Waals surface area (Å²) in [6, 6.07) is 8.18. The first-order valence-electron chi connectivity index (χ1n) is 8.03. The van der Waals surface area contributed by atoms with E-state index in [2.05, 4.69) is 44.8 Å². The molecular formula is C18H29FN2. The molecule has 0 aromatic heterocycles. The zero-order valence-corrected chi connectivity index (χ0v) is 14.0. The van der Waals surface area contributed by atoms with E-state index in [1.165, 1.54) is 12.5 Å². The van der Waals surface area contributed by atoms with Gasteiger partial charge in [0.1, 0.15) is 5.82 Å². The van der Waals surface area contributed by atoms with Crippen LogP contribution >= 0.6 is 0 Å². The molecule has 1 aliphatic rings. The van der Waals surface area contributed by atoms with Gasteiger partial charge >= 0.3 is 0 Å². The van der Waals surface area contributed by atoms with Crippen molar-refractivity contribution in [2.75, 3.05) is 6.54 Å². The number of hydrogen-bond acceptors (Lipinski definition) is 2. The van der Waals surface area contributed by atoms with Gasteiger partial charge in [0.15, 0.2) is 0 Å². The molecule has 1 heterocycles. The predicted octanol–water partition coefficient (Wildman–Crippen LogP) is 3.81. The summed E-state index contributed by atoms with van der Waals surface area (Å²) in [4.78, 5) is 2.61. The fourth-order valence-electron chi connectivity index (χ4n) is 3.94. The molecule has 1 aromatic rings. The van der Waals surface area contributed by atoms with Gasteiger partial charge < -0.3 is 5.32 Å². The van der Waals surface area contributed by atoms with Crippen LogP contribution in [0.4, 0.5) is 4.39 Å². The minimum atomic E-state index is -0.117. The summed E-state index contributed by atoms with van der Waals surface area (Å²) in [7, 11) is 0. The maximum atomic E-state index is 13.6. The second-order valence-electron chi connectivity index (χ2n) is 7.39. The molecule has 0 amide bonds. The average Bonchev–Trinajstić information content (AvgIpc) is 2.66. The van der Waals surface area contributed by atoms with Gasteiger partial charge in [-0.05, 0) is 59.6 Å². The molecule has 0 bridgehead atoms. The molecule has 1 aliphatic heterocycles. The third-order valence-electron chi connectivity index (χ3n) is 4.69. The van der Waals surface area contributed by atoms with Crippen LogP contribution in [0.15, 0.2) is 24.3 Å². The minimum Gasteiger partial charge on any atom is -0.312 e. The van der Waals surface area contributed by atoms with Crippen LogP contribution in [0, 0.1) is 11.7 Å². The number of likely N-dealkylation sites (tertiary alicyclic amines) is 1. The van der Waals surface area contributed by atoms with Gasteiger partial charge in [-0.2, -0.15) is 0 Å². The second kappa shape index (κ2) is 6.45.